The molecule has 1 aromatic carbocycles. The Hall–Kier alpha value is -1.94. The number of ether oxygens (including phenoxy) is 1. The van der Waals surface area contributed by atoms with Crippen LogP contribution in [-0.2, 0) is 29.0 Å². The fourth-order valence-corrected chi connectivity index (χ4v) is 8.44. The molecule has 8 nitrogen and oxygen atoms in total. The highest BCUT2D eigenvalue weighted by atomic mass is 16.7. The molecule has 1 aromatic rings. The predicted molar refractivity (Wildman–Crippen MR) is 168 cm³/mol. The normalized spacial score (nSPS) is 31.3. The molecule has 0 radical (unpaired) electrons. The van der Waals surface area contributed by atoms with Gasteiger partial charge in [-0.2, -0.15) is 0 Å². The number of benzene rings is 1. The van der Waals surface area contributed by atoms with Crippen molar-refractivity contribution < 1.29 is 23.6 Å². The van der Waals surface area contributed by atoms with Crippen molar-refractivity contribution in [2.24, 2.45) is 5.41 Å². The molecule has 0 bridgehead atoms. The summed E-state index contributed by atoms with van der Waals surface area (Å²) in [6.07, 6.45) is 8.86. The number of nitrogens with zero attached hydrogens (tertiary/aromatic N) is 3. The third-order valence-electron chi connectivity index (χ3n) is 12.3. The standard InChI is InChI=1S/C34H50BN3O5/c1-31(2)32(3,4)43-35(42-31)24-9-10-27-28(21-24)38(26-22-25(23-26)36-15-7-6-8-16-36)30(40)34(27)11-17-37(18-12-34)29(39)33(5)13-19-41-20-14-33/h9-10,21,25-26H,6-8,11-20,22-23H2,1-5H3. The maximum atomic E-state index is 14.7. The molecule has 0 N–H and O–H groups in total. The second-order valence-corrected chi connectivity index (χ2v) is 15.5. The van der Waals surface area contributed by atoms with Gasteiger partial charge in [-0.05, 0) is 109 Å². The molecule has 234 valence electrons. The van der Waals surface area contributed by atoms with Gasteiger partial charge in [-0.3, -0.25) is 9.59 Å². The number of fused-ring (bicyclic) bond motifs is 2. The van der Waals surface area contributed by atoms with Gasteiger partial charge in [0.2, 0.25) is 11.8 Å². The van der Waals surface area contributed by atoms with Crippen molar-refractivity contribution in [1.82, 2.24) is 9.80 Å². The van der Waals surface area contributed by atoms with Crippen LogP contribution in [0.3, 0.4) is 0 Å². The van der Waals surface area contributed by atoms with E-state index in [1.54, 1.807) is 0 Å². The Morgan fingerprint density at radius 3 is 2.09 bits per heavy atom. The Bertz CT molecular complexity index is 1240. The first kappa shape index (κ1) is 29.8. The average molecular weight is 592 g/mol. The molecule has 0 aromatic heterocycles. The van der Waals surface area contributed by atoms with Gasteiger partial charge in [0, 0.05) is 44.1 Å². The number of anilines is 1. The van der Waals surface area contributed by atoms with Gasteiger partial charge in [-0.15, -0.1) is 0 Å². The summed E-state index contributed by atoms with van der Waals surface area (Å²) < 4.78 is 18.4. The number of amides is 2. The van der Waals surface area contributed by atoms with Gasteiger partial charge < -0.3 is 28.7 Å². The number of carbonyl (C=O) groups excluding carboxylic acids is 2. The Balaban J connectivity index is 1.16. The van der Waals surface area contributed by atoms with Crippen LogP contribution in [0, 0.1) is 5.41 Å². The summed E-state index contributed by atoms with van der Waals surface area (Å²) in [6, 6.07) is 7.25. The second kappa shape index (κ2) is 10.6. The lowest BCUT2D eigenvalue weighted by atomic mass is 9.71. The van der Waals surface area contributed by atoms with E-state index in [2.05, 4.69) is 62.6 Å². The molecule has 5 aliphatic heterocycles. The molecular formula is C34H50BN3O5. The summed E-state index contributed by atoms with van der Waals surface area (Å²) in [6.45, 7) is 15.3. The van der Waals surface area contributed by atoms with Crippen molar-refractivity contribution in [3.05, 3.63) is 23.8 Å². The molecule has 0 unspecified atom stereocenters. The molecule has 1 spiro atoms. The highest BCUT2D eigenvalue weighted by Gasteiger charge is 2.57. The fourth-order valence-electron chi connectivity index (χ4n) is 8.44. The molecule has 1 saturated carbocycles. The smallest absolute Gasteiger partial charge is 0.399 e. The maximum absolute atomic E-state index is 14.7. The zero-order valence-corrected chi connectivity index (χ0v) is 27.0. The van der Waals surface area contributed by atoms with Crippen LogP contribution in [0.1, 0.15) is 98.0 Å². The lowest BCUT2D eigenvalue weighted by molar-refractivity contribution is -0.149. The summed E-state index contributed by atoms with van der Waals surface area (Å²) in [5.41, 5.74) is 1.35. The van der Waals surface area contributed by atoms with Crippen molar-refractivity contribution in [3.8, 4) is 0 Å². The van der Waals surface area contributed by atoms with E-state index in [0.29, 0.717) is 45.2 Å². The van der Waals surface area contributed by atoms with E-state index in [1.165, 1.54) is 32.4 Å². The van der Waals surface area contributed by atoms with Gasteiger partial charge in [-0.1, -0.05) is 25.5 Å². The van der Waals surface area contributed by atoms with E-state index >= 15 is 0 Å². The summed E-state index contributed by atoms with van der Waals surface area (Å²) in [5, 5.41) is 0. The van der Waals surface area contributed by atoms with E-state index in [4.69, 9.17) is 14.0 Å². The van der Waals surface area contributed by atoms with Gasteiger partial charge in [0.15, 0.2) is 0 Å². The number of rotatable bonds is 4. The summed E-state index contributed by atoms with van der Waals surface area (Å²) in [4.78, 5) is 35.2. The first-order valence-corrected chi connectivity index (χ1v) is 16.9. The largest absolute Gasteiger partial charge is 0.494 e. The molecule has 43 heavy (non-hydrogen) atoms. The van der Waals surface area contributed by atoms with Crippen LogP contribution in [0.2, 0.25) is 0 Å². The fraction of sp³-hybridized carbons (Fsp3) is 0.765. The molecule has 6 aliphatic rings. The topological polar surface area (TPSA) is 71.6 Å². The Morgan fingerprint density at radius 2 is 1.47 bits per heavy atom. The Morgan fingerprint density at radius 1 is 0.837 bits per heavy atom. The number of hydrogen-bond donors (Lipinski definition) is 0. The highest BCUT2D eigenvalue weighted by Crippen LogP contribution is 2.51. The lowest BCUT2D eigenvalue weighted by Gasteiger charge is -2.48. The number of carbonyl (C=O) groups is 2. The third kappa shape index (κ3) is 4.79. The van der Waals surface area contributed by atoms with Crippen molar-refractivity contribution in [2.75, 3.05) is 44.3 Å². The predicted octanol–water partition coefficient (Wildman–Crippen LogP) is 4.03. The molecule has 5 fully saturated rings. The van der Waals surface area contributed by atoms with E-state index < -0.39 is 23.7 Å². The van der Waals surface area contributed by atoms with Crippen LogP contribution in [0.15, 0.2) is 18.2 Å². The van der Waals surface area contributed by atoms with Crippen LogP contribution >= 0.6 is 0 Å². The minimum Gasteiger partial charge on any atom is -0.399 e. The van der Waals surface area contributed by atoms with Crippen molar-refractivity contribution in [2.45, 2.75) is 121 Å². The highest BCUT2D eigenvalue weighted by molar-refractivity contribution is 6.62. The van der Waals surface area contributed by atoms with Gasteiger partial charge in [0.1, 0.15) is 0 Å². The van der Waals surface area contributed by atoms with Crippen LogP contribution in [0.5, 0.6) is 0 Å². The monoisotopic (exact) mass is 591 g/mol. The Kier molecular flexibility index (Phi) is 7.31. The van der Waals surface area contributed by atoms with Crippen LogP contribution in [0.4, 0.5) is 5.69 Å². The Labute approximate surface area is 257 Å². The number of likely N-dealkylation sites (tertiary alicyclic amines) is 2. The quantitative estimate of drug-likeness (QED) is 0.493. The van der Waals surface area contributed by atoms with Crippen LogP contribution in [-0.4, -0.2) is 91.4 Å². The maximum Gasteiger partial charge on any atom is 0.494 e. The molecule has 5 heterocycles. The average Bonchev–Trinajstić information content (AvgIpc) is 3.33. The summed E-state index contributed by atoms with van der Waals surface area (Å²) in [7, 11) is -0.467. The SMILES string of the molecule is CC1(C(=O)N2CCC3(CC2)C(=O)N(C2CC(N4CCCCC4)C2)c2cc(B4OC(C)(C)C(C)(C)O4)ccc23)CCOCC1. The van der Waals surface area contributed by atoms with E-state index in [-0.39, 0.29) is 23.3 Å². The van der Waals surface area contributed by atoms with E-state index in [1.807, 2.05) is 4.90 Å². The van der Waals surface area contributed by atoms with Gasteiger partial charge in [0.05, 0.1) is 22.0 Å². The molecule has 2 amide bonds. The zero-order valence-electron chi connectivity index (χ0n) is 27.0. The minimum atomic E-state index is -0.576. The van der Waals surface area contributed by atoms with Crippen molar-refractivity contribution in [1.29, 1.82) is 0 Å². The number of hydrogen-bond acceptors (Lipinski definition) is 6. The first-order chi connectivity index (χ1) is 20.4. The molecular weight excluding hydrogens is 541 g/mol. The second-order valence-electron chi connectivity index (χ2n) is 15.5. The first-order valence-electron chi connectivity index (χ1n) is 16.9. The molecule has 9 heteroatoms. The molecule has 1 aliphatic carbocycles. The third-order valence-corrected chi connectivity index (χ3v) is 12.3. The summed E-state index contributed by atoms with van der Waals surface area (Å²) >= 11 is 0. The summed E-state index contributed by atoms with van der Waals surface area (Å²) in [5.74, 6) is 0.465. The minimum absolute atomic E-state index is 0.215. The van der Waals surface area contributed by atoms with Crippen LogP contribution in [0.25, 0.3) is 0 Å². The molecule has 7 rings (SSSR count). The van der Waals surface area contributed by atoms with E-state index in [9.17, 15) is 9.59 Å². The van der Waals surface area contributed by atoms with Crippen LogP contribution < -0.4 is 10.4 Å². The lowest BCUT2D eigenvalue weighted by Crippen LogP contribution is -2.59. The molecule has 4 saturated heterocycles. The zero-order chi connectivity index (χ0) is 30.2. The van der Waals surface area contributed by atoms with Gasteiger partial charge in [-0.25, -0.2) is 0 Å². The molecule has 0 atom stereocenters. The van der Waals surface area contributed by atoms with Gasteiger partial charge >= 0.3 is 7.12 Å². The number of piperidine rings is 2. The van der Waals surface area contributed by atoms with E-state index in [0.717, 1.165) is 42.4 Å². The van der Waals surface area contributed by atoms with Crippen molar-refractivity contribution >= 4 is 30.1 Å². The van der Waals surface area contributed by atoms with Crippen molar-refractivity contribution in [3.63, 3.8) is 0 Å². The van der Waals surface area contributed by atoms with Gasteiger partial charge in [0.25, 0.3) is 0 Å².